The maximum atomic E-state index is 6.70. The van der Waals surface area contributed by atoms with Crippen LogP contribution in [0.1, 0.15) is 128 Å². The molecule has 0 spiro atoms. The van der Waals surface area contributed by atoms with Crippen LogP contribution >= 0.6 is 0 Å². The molecule has 10 aromatic rings. The standard InChI is InChI=1S/C66H59BN2O/c1-62(2,3)36-20-22-37(23-21-36)69-56-32-44-42-29-52-53(64(6,7)27-26-63(52,4)5)33-50(42)66(10,11)49(44)30-46(56)40-24-25-41-45-28-47-39-17-13-15-19-58(39)70-59(47)35-55(45)68-57-34-51-43(31-54(57)67(69)60(40)61(41)68)38-16-12-14-18-48(38)65(51,8)9/h12-25,28-35H,26-27H2,1-11H3. The Kier molecular flexibility index (Phi) is 7.48. The maximum absolute atomic E-state index is 6.70. The predicted octanol–water partition coefficient (Wildman–Crippen LogP) is 16.2. The summed E-state index contributed by atoms with van der Waals surface area (Å²) in [5.74, 6) is 0. The minimum Gasteiger partial charge on any atom is -0.456 e. The van der Waals surface area contributed by atoms with Crippen molar-refractivity contribution in [3.63, 3.8) is 0 Å². The van der Waals surface area contributed by atoms with Gasteiger partial charge >= 0.3 is 6.85 Å². The Labute approximate surface area is 412 Å². The van der Waals surface area contributed by atoms with E-state index in [0.29, 0.717) is 0 Å². The van der Waals surface area contributed by atoms with E-state index in [1.807, 2.05) is 0 Å². The van der Waals surface area contributed by atoms with E-state index in [-0.39, 0.29) is 33.9 Å². The molecule has 3 aliphatic carbocycles. The molecule has 4 heteroatoms. The number of hydrogen-bond donors (Lipinski definition) is 0. The van der Waals surface area contributed by atoms with Crippen LogP contribution in [0.25, 0.3) is 82.8 Å². The van der Waals surface area contributed by atoms with Crippen molar-refractivity contribution in [3.8, 4) is 39.1 Å². The molecule has 0 atom stereocenters. The highest BCUT2D eigenvalue weighted by atomic mass is 16.3. The summed E-state index contributed by atoms with van der Waals surface area (Å²) < 4.78 is 9.33. The normalized spacial score (nSPS) is 17.9. The van der Waals surface area contributed by atoms with E-state index in [1.54, 1.807) is 0 Å². The van der Waals surface area contributed by atoms with Gasteiger partial charge in [0.05, 0.1) is 11.0 Å². The summed E-state index contributed by atoms with van der Waals surface area (Å²) in [6.07, 6.45) is 2.40. The first kappa shape index (κ1) is 41.0. The van der Waals surface area contributed by atoms with Crippen molar-refractivity contribution in [1.29, 1.82) is 0 Å². The number of furan rings is 1. The summed E-state index contributed by atoms with van der Waals surface area (Å²) in [5, 5.41) is 4.88. The van der Waals surface area contributed by atoms with Gasteiger partial charge in [-0.2, -0.15) is 0 Å². The van der Waals surface area contributed by atoms with Crippen LogP contribution in [0.15, 0.2) is 138 Å². The van der Waals surface area contributed by atoms with E-state index < -0.39 is 0 Å². The van der Waals surface area contributed by atoms with E-state index in [1.165, 1.54) is 135 Å². The van der Waals surface area contributed by atoms with Crippen LogP contribution in [0, 0.1) is 0 Å². The van der Waals surface area contributed by atoms with Crippen LogP contribution in [0.5, 0.6) is 0 Å². The number of para-hydroxylation sites is 1. The van der Waals surface area contributed by atoms with E-state index in [9.17, 15) is 0 Å². The molecule has 3 nitrogen and oxygen atoms in total. The first-order valence-electron chi connectivity index (χ1n) is 25.8. The van der Waals surface area contributed by atoms with E-state index in [4.69, 9.17) is 4.42 Å². The van der Waals surface area contributed by atoms with Crippen LogP contribution in [-0.2, 0) is 27.1 Å². The van der Waals surface area contributed by atoms with Crippen LogP contribution in [0.4, 0.5) is 11.4 Å². The molecule has 0 fully saturated rings. The van der Waals surface area contributed by atoms with Gasteiger partial charge in [-0.05, 0) is 155 Å². The number of aromatic nitrogens is 1. The Hall–Kier alpha value is -6.78. The van der Waals surface area contributed by atoms with Crippen LogP contribution in [-0.4, -0.2) is 11.4 Å². The highest BCUT2D eigenvalue weighted by molar-refractivity contribution is 6.93. The fourth-order valence-electron chi connectivity index (χ4n) is 14.5. The molecule has 15 rings (SSSR count). The SMILES string of the molecule is CC(C)(C)c1ccc(N2B3c4cc5c(cc4-n4c6cc7oc8ccccc8c7cc6c6ccc(c3c64)-c3cc4c(cc32)-c2cc3c(cc2C4(C)C)C(C)(C)CCC3(C)C)C(C)(C)c2ccccc2-5)cc1. The van der Waals surface area contributed by atoms with Crippen molar-refractivity contribution in [2.45, 2.75) is 116 Å². The van der Waals surface area contributed by atoms with Crippen LogP contribution < -0.4 is 15.7 Å². The molecular weight excluding hydrogens is 848 g/mol. The Morgan fingerprint density at radius 1 is 0.471 bits per heavy atom. The fraction of sp³-hybridized carbons (Fsp3) is 0.273. The van der Waals surface area contributed by atoms with Gasteiger partial charge in [0.25, 0.3) is 0 Å². The van der Waals surface area contributed by atoms with Gasteiger partial charge in [0.1, 0.15) is 11.2 Å². The van der Waals surface area contributed by atoms with Crippen LogP contribution in [0.3, 0.4) is 0 Å². The molecule has 0 bridgehead atoms. The predicted molar refractivity (Wildman–Crippen MR) is 296 cm³/mol. The van der Waals surface area contributed by atoms with E-state index >= 15 is 0 Å². The molecule has 2 aliphatic heterocycles. The topological polar surface area (TPSA) is 21.3 Å². The second-order valence-corrected chi connectivity index (χ2v) is 25.2. The van der Waals surface area contributed by atoms with E-state index in [0.717, 1.165) is 21.9 Å². The Morgan fingerprint density at radius 2 is 1.11 bits per heavy atom. The fourth-order valence-corrected chi connectivity index (χ4v) is 14.5. The lowest BCUT2D eigenvalue weighted by Crippen LogP contribution is -2.60. The molecule has 0 saturated heterocycles. The Morgan fingerprint density at radius 3 is 1.89 bits per heavy atom. The number of hydrogen-bond acceptors (Lipinski definition) is 2. The zero-order chi connectivity index (χ0) is 47.9. The molecule has 5 aliphatic rings. The second kappa shape index (κ2) is 12.8. The first-order chi connectivity index (χ1) is 33.3. The van der Waals surface area contributed by atoms with Crippen molar-refractivity contribution in [1.82, 2.24) is 4.57 Å². The third kappa shape index (κ3) is 4.98. The molecule has 70 heavy (non-hydrogen) atoms. The van der Waals surface area contributed by atoms with Crippen molar-refractivity contribution in [3.05, 3.63) is 172 Å². The van der Waals surface area contributed by atoms with Gasteiger partial charge < -0.3 is 13.8 Å². The summed E-state index contributed by atoms with van der Waals surface area (Å²) in [6, 6.07) is 52.6. The lowest BCUT2D eigenvalue weighted by atomic mass is 9.43. The van der Waals surface area contributed by atoms with Gasteiger partial charge in [-0.1, -0.05) is 155 Å². The molecule has 2 aromatic heterocycles. The number of fused-ring (bicyclic) bond motifs is 18. The number of benzene rings is 8. The van der Waals surface area contributed by atoms with Crippen LogP contribution in [0.2, 0.25) is 0 Å². The van der Waals surface area contributed by atoms with Gasteiger partial charge in [0, 0.05) is 61.1 Å². The monoisotopic (exact) mass is 906 g/mol. The molecular formula is C66H59BN2O. The minimum absolute atomic E-state index is 0.0261. The van der Waals surface area contributed by atoms with Gasteiger partial charge in [-0.3, -0.25) is 0 Å². The lowest BCUT2D eigenvalue weighted by molar-refractivity contribution is 0.331. The molecule has 0 amide bonds. The van der Waals surface area contributed by atoms with Gasteiger partial charge in [0.15, 0.2) is 0 Å². The summed E-state index contributed by atoms with van der Waals surface area (Å²) in [7, 11) is 0. The van der Waals surface area contributed by atoms with Crippen molar-refractivity contribution in [2.75, 3.05) is 4.81 Å². The van der Waals surface area contributed by atoms with Gasteiger partial charge in [-0.25, -0.2) is 0 Å². The largest absolute Gasteiger partial charge is 0.456 e. The Bertz CT molecular complexity index is 4050. The summed E-state index contributed by atoms with van der Waals surface area (Å²) in [4.78, 5) is 2.75. The molecule has 4 heterocycles. The molecule has 0 unspecified atom stereocenters. The maximum Gasteiger partial charge on any atom is 0.333 e. The second-order valence-electron chi connectivity index (χ2n) is 25.2. The van der Waals surface area contributed by atoms with E-state index in [2.05, 4.69) is 219 Å². The van der Waals surface area contributed by atoms with Crippen molar-refractivity contribution in [2.24, 2.45) is 0 Å². The molecule has 0 saturated carbocycles. The summed E-state index contributed by atoms with van der Waals surface area (Å²) in [6.45, 7) is 26.5. The number of nitrogens with zero attached hydrogens (tertiary/aromatic N) is 2. The highest BCUT2D eigenvalue weighted by Gasteiger charge is 2.49. The van der Waals surface area contributed by atoms with Crippen molar-refractivity contribution < 1.29 is 4.42 Å². The summed E-state index contributed by atoms with van der Waals surface area (Å²) >= 11 is 0. The minimum atomic E-state index is -0.178. The highest BCUT2D eigenvalue weighted by Crippen LogP contribution is 2.58. The summed E-state index contributed by atoms with van der Waals surface area (Å²) in [5.41, 5.74) is 28.9. The zero-order valence-corrected chi connectivity index (χ0v) is 42.5. The lowest BCUT2D eigenvalue weighted by Gasteiger charge is -2.43. The first-order valence-corrected chi connectivity index (χ1v) is 25.8. The smallest absolute Gasteiger partial charge is 0.333 e. The average Bonchev–Trinajstić information content (AvgIpc) is 4.00. The van der Waals surface area contributed by atoms with Gasteiger partial charge in [-0.15, -0.1) is 0 Å². The molecule has 0 N–H and O–H groups in total. The average molecular weight is 907 g/mol. The van der Waals surface area contributed by atoms with Crippen molar-refractivity contribution >= 4 is 72.9 Å². The molecule has 0 radical (unpaired) electrons. The number of anilines is 2. The molecule has 342 valence electrons. The quantitative estimate of drug-likeness (QED) is 0.153. The Balaban J connectivity index is 1.08. The number of rotatable bonds is 1. The zero-order valence-electron chi connectivity index (χ0n) is 42.5. The third-order valence-electron chi connectivity index (χ3n) is 18.6. The third-order valence-corrected chi connectivity index (χ3v) is 18.6. The molecule has 8 aromatic carbocycles. The van der Waals surface area contributed by atoms with Gasteiger partial charge in [0.2, 0.25) is 0 Å².